The zero-order chi connectivity index (χ0) is 20.9. The minimum Gasteiger partial charge on any atom is -0.340 e. The Kier molecular flexibility index (Phi) is 5.52. The van der Waals surface area contributed by atoms with Gasteiger partial charge in [-0.05, 0) is 55.8 Å². The molecule has 148 valence electrons. The van der Waals surface area contributed by atoms with Crippen molar-refractivity contribution in [1.82, 2.24) is 9.97 Å². The Morgan fingerprint density at radius 2 is 1.53 bits per heavy atom. The van der Waals surface area contributed by atoms with Crippen LogP contribution in [0.2, 0.25) is 0 Å². The van der Waals surface area contributed by atoms with Crippen LogP contribution in [0, 0.1) is 13.8 Å². The summed E-state index contributed by atoms with van der Waals surface area (Å²) in [5.74, 6) is 0.549. The standard InChI is InChI=1S/C25H22N4O/c1-17-6-8-19(9-7-17)23-15-24(27-16-26-23)28-21-12-10-20(11-13-21)25(30)29-22-5-3-4-18(2)14-22/h3-16H,1-2H3,(H,29,30)(H,26,27,28). The van der Waals surface area contributed by atoms with Crippen molar-refractivity contribution in [3.05, 3.63) is 102 Å². The molecule has 0 fully saturated rings. The molecular weight excluding hydrogens is 372 g/mol. The van der Waals surface area contributed by atoms with Crippen LogP contribution >= 0.6 is 0 Å². The smallest absolute Gasteiger partial charge is 0.255 e. The van der Waals surface area contributed by atoms with E-state index in [0.717, 1.165) is 28.2 Å². The van der Waals surface area contributed by atoms with Gasteiger partial charge in [-0.1, -0.05) is 42.0 Å². The van der Waals surface area contributed by atoms with E-state index in [2.05, 4.69) is 39.7 Å². The first kappa shape index (κ1) is 19.3. The molecule has 0 radical (unpaired) electrons. The average molecular weight is 394 g/mol. The predicted molar refractivity (Wildman–Crippen MR) is 121 cm³/mol. The highest BCUT2D eigenvalue weighted by Crippen LogP contribution is 2.22. The summed E-state index contributed by atoms with van der Waals surface area (Å²) in [5.41, 5.74) is 6.41. The molecule has 0 unspecified atom stereocenters. The fourth-order valence-corrected chi connectivity index (χ4v) is 3.09. The van der Waals surface area contributed by atoms with Crippen molar-refractivity contribution >= 4 is 23.1 Å². The first-order chi connectivity index (χ1) is 14.6. The predicted octanol–water partition coefficient (Wildman–Crippen LogP) is 5.76. The number of carbonyl (C=O) groups is 1. The van der Waals surface area contributed by atoms with Gasteiger partial charge in [-0.25, -0.2) is 9.97 Å². The van der Waals surface area contributed by atoms with E-state index in [1.54, 1.807) is 18.5 Å². The Bertz CT molecular complexity index is 1170. The van der Waals surface area contributed by atoms with Gasteiger partial charge >= 0.3 is 0 Å². The number of hydrogen-bond acceptors (Lipinski definition) is 4. The molecule has 0 saturated carbocycles. The third-order valence-corrected chi connectivity index (χ3v) is 4.71. The summed E-state index contributed by atoms with van der Waals surface area (Å²) in [6.45, 7) is 4.05. The molecule has 0 saturated heterocycles. The molecule has 4 rings (SSSR count). The Morgan fingerprint density at radius 3 is 2.27 bits per heavy atom. The number of hydrogen-bond donors (Lipinski definition) is 2. The quantitative estimate of drug-likeness (QED) is 0.452. The highest BCUT2D eigenvalue weighted by atomic mass is 16.1. The number of benzene rings is 3. The van der Waals surface area contributed by atoms with Gasteiger partial charge in [0.2, 0.25) is 0 Å². The molecule has 3 aromatic carbocycles. The molecule has 1 heterocycles. The Labute approximate surface area is 175 Å². The van der Waals surface area contributed by atoms with Gasteiger partial charge in [0.1, 0.15) is 12.1 Å². The maximum absolute atomic E-state index is 12.5. The van der Waals surface area contributed by atoms with Crippen molar-refractivity contribution in [1.29, 1.82) is 0 Å². The van der Waals surface area contributed by atoms with Gasteiger partial charge in [-0.3, -0.25) is 4.79 Å². The van der Waals surface area contributed by atoms with Crippen LogP contribution in [0.4, 0.5) is 17.2 Å². The number of amides is 1. The van der Waals surface area contributed by atoms with Crippen LogP contribution in [-0.2, 0) is 0 Å². The summed E-state index contributed by atoms with van der Waals surface area (Å²) < 4.78 is 0. The summed E-state index contributed by atoms with van der Waals surface area (Å²) in [6, 6.07) is 25.1. The van der Waals surface area contributed by atoms with Crippen molar-refractivity contribution in [3.8, 4) is 11.3 Å². The van der Waals surface area contributed by atoms with Gasteiger partial charge in [0, 0.05) is 28.6 Å². The van der Waals surface area contributed by atoms with Gasteiger partial charge in [-0.15, -0.1) is 0 Å². The van der Waals surface area contributed by atoms with Crippen molar-refractivity contribution in [2.24, 2.45) is 0 Å². The van der Waals surface area contributed by atoms with E-state index >= 15 is 0 Å². The molecule has 30 heavy (non-hydrogen) atoms. The fraction of sp³-hybridized carbons (Fsp3) is 0.0800. The van der Waals surface area contributed by atoms with Crippen molar-refractivity contribution in [2.75, 3.05) is 10.6 Å². The zero-order valence-electron chi connectivity index (χ0n) is 16.9. The number of nitrogens with zero attached hydrogens (tertiary/aromatic N) is 2. The van der Waals surface area contributed by atoms with Gasteiger partial charge in [0.25, 0.3) is 5.91 Å². The van der Waals surface area contributed by atoms with E-state index in [-0.39, 0.29) is 5.91 Å². The van der Waals surface area contributed by atoms with E-state index in [0.29, 0.717) is 11.4 Å². The number of aromatic nitrogens is 2. The van der Waals surface area contributed by atoms with Crippen LogP contribution in [-0.4, -0.2) is 15.9 Å². The van der Waals surface area contributed by atoms with Gasteiger partial charge in [0.05, 0.1) is 5.69 Å². The average Bonchev–Trinajstić information content (AvgIpc) is 2.75. The summed E-state index contributed by atoms with van der Waals surface area (Å²) >= 11 is 0. The number of nitrogens with one attached hydrogen (secondary N) is 2. The van der Waals surface area contributed by atoms with E-state index in [9.17, 15) is 4.79 Å². The second-order valence-corrected chi connectivity index (χ2v) is 7.18. The fourth-order valence-electron chi connectivity index (χ4n) is 3.09. The van der Waals surface area contributed by atoms with E-state index < -0.39 is 0 Å². The lowest BCUT2D eigenvalue weighted by Gasteiger charge is -2.09. The highest BCUT2D eigenvalue weighted by Gasteiger charge is 2.07. The van der Waals surface area contributed by atoms with Crippen LogP contribution in [0.3, 0.4) is 0 Å². The molecule has 0 atom stereocenters. The molecule has 1 aromatic heterocycles. The number of rotatable bonds is 5. The van der Waals surface area contributed by atoms with Crippen molar-refractivity contribution in [3.63, 3.8) is 0 Å². The SMILES string of the molecule is Cc1ccc(-c2cc(Nc3ccc(C(=O)Nc4cccc(C)c4)cc3)ncn2)cc1. The van der Waals surface area contributed by atoms with Gasteiger partial charge in [0.15, 0.2) is 0 Å². The lowest BCUT2D eigenvalue weighted by molar-refractivity contribution is 0.102. The second-order valence-electron chi connectivity index (χ2n) is 7.18. The lowest BCUT2D eigenvalue weighted by atomic mass is 10.1. The minimum atomic E-state index is -0.143. The minimum absolute atomic E-state index is 0.143. The molecule has 0 aliphatic carbocycles. The molecule has 5 nitrogen and oxygen atoms in total. The number of anilines is 3. The van der Waals surface area contributed by atoms with Gasteiger partial charge < -0.3 is 10.6 Å². The van der Waals surface area contributed by atoms with Gasteiger partial charge in [-0.2, -0.15) is 0 Å². The Morgan fingerprint density at radius 1 is 0.767 bits per heavy atom. The summed E-state index contributed by atoms with van der Waals surface area (Å²) in [4.78, 5) is 21.1. The number of aryl methyl sites for hydroxylation is 2. The summed E-state index contributed by atoms with van der Waals surface area (Å²) in [5, 5.41) is 6.18. The maximum Gasteiger partial charge on any atom is 0.255 e. The second kappa shape index (κ2) is 8.57. The van der Waals surface area contributed by atoms with E-state index in [4.69, 9.17) is 0 Å². The third-order valence-electron chi connectivity index (χ3n) is 4.71. The zero-order valence-corrected chi connectivity index (χ0v) is 16.9. The van der Waals surface area contributed by atoms with Crippen molar-refractivity contribution in [2.45, 2.75) is 13.8 Å². The molecule has 1 amide bonds. The molecule has 4 aromatic rings. The Hall–Kier alpha value is -3.99. The molecule has 0 bridgehead atoms. The molecular formula is C25H22N4O. The third kappa shape index (κ3) is 4.70. The first-order valence-electron chi connectivity index (χ1n) is 9.71. The lowest BCUT2D eigenvalue weighted by Crippen LogP contribution is -2.11. The first-order valence-corrected chi connectivity index (χ1v) is 9.71. The normalized spacial score (nSPS) is 10.5. The van der Waals surface area contributed by atoms with Crippen LogP contribution in [0.1, 0.15) is 21.5 Å². The molecule has 0 aliphatic rings. The molecule has 5 heteroatoms. The molecule has 0 aliphatic heterocycles. The molecule has 0 spiro atoms. The largest absolute Gasteiger partial charge is 0.340 e. The van der Waals surface area contributed by atoms with Crippen LogP contribution in [0.5, 0.6) is 0 Å². The maximum atomic E-state index is 12.5. The number of carbonyl (C=O) groups excluding carboxylic acids is 1. The van der Waals surface area contributed by atoms with Crippen LogP contribution in [0.15, 0.2) is 85.2 Å². The highest BCUT2D eigenvalue weighted by molar-refractivity contribution is 6.04. The topological polar surface area (TPSA) is 66.9 Å². The summed E-state index contributed by atoms with van der Waals surface area (Å²) in [6.07, 6.45) is 1.54. The van der Waals surface area contributed by atoms with Crippen LogP contribution < -0.4 is 10.6 Å². The van der Waals surface area contributed by atoms with E-state index in [1.807, 2.05) is 61.5 Å². The van der Waals surface area contributed by atoms with E-state index in [1.165, 1.54) is 5.56 Å². The Balaban J connectivity index is 1.45. The van der Waals surface area contributed by atoms with Crippen LogP contribution in [0.25, 0.3) is 11.3 Å². The van der Waals surface area contributed by atoms with Crippen molar-refractivity contribution < 1.29 is 4.79 Å². The molecule has 2 N–H and O–H groups in total. The summed E-state index contributed by atoms with van der Waals surface area (Å²) in [7, 11) is 0. The monoisotopic (exact) mass is 394 g/mol.